The highest BCUT2D eigenvalue weighted by Gasteiger charge is 2.26. The Morgan fingerprint density at radius 1 is 1.27 bits per heavy atom. The maximum absolute atomic E-state index is 11.1. The molecule has 0 saturated carbocycles. The van der Waals surface area contributed by atoms with Crippen molar-refractivity contribution in [1.29, 1.82) is 0 Å². The van der Waals surface area contributed by atoms with E-state index >= 15 is 0 Å². The molecule has 1 atom stereocenters. The smallest absolute Gasteiger partial charge is 0.308 e. The van der Waals surface area contributed by atoms with Gasteiger partial charge < -0.3 is 9.47 Å². The van der Waals surface area contributed by atoms with Crippen LogP contribution in [0.1, 0.15) is 51.9 Å². The van der Waals surface area contributed by atoms with Crippen LogP contribution in [0.5, 0.6) is 0 Å². The lowest BCUT2D eigenvalue weighted by molar-refractivity contribution is -0.144. The van der Waals surface area contributed by atoms with E-state index in [0.29, 0.717) is 13.0 Å². The van der Waals surface area contributed by atoms with Gasteiger partial charge in [0.25, 0.3) is 0 Å². The summed E-state index contributed by atoms with van der Waals surface area (Å²) >= 11 is 0. The zero-order valence-corrected chi connectivity index (χ0v) is 9.67. The zero-order chi connectivity index (χ0) is 10.9. The number of epoxide rings is 1. The van der Waals surface area contributed by atoms with E-state index in [1.54, 1.807) is 0 Å². The van der Waals surface area contributed by atoms with Gasteiger partial charge in [-0.15, -0.1) is 0 Å². The highest BCUT2D eigenvalue weighted by Crippen LogP contribution is 2.14. The predicted molar refractivity (Wildman–Crippen MR) is 58.7 cm³/mol. The van der Waals surface area contributed by atoms with Gasteiger partial charge in [-0.25, -0.2) is 0 Å². The number of hydrogen-bond acceptors (Lipinski definition) is 3. The standard InChI is InChI=1S/C12H22O3/c1-2-3-4-5-6-7-8-14-12(13)9-11-10-15-11/h11H,2-10H2,1H3. The first-order valence-corrected chi connectivity index (χ1v) is 6.10. The molecule has 1 aliphatic heterocycles. The molecule has 0 radical (unpaired) electrons. The van der Waals surface area contributed by atoms with E-state index in [9.17, 15) is 4.79 Å². The molecule has 0 aromatic carbocycles. The number of carbonyl (C=O) groups is 1. The summed E-state index contributed by atoms with van der Waals surface area (Å²) < 4.78 is 10.0. The minimum atomic E-state index is -0.106. The number of carbonyl (C=O) groups excluding carboxylic acids is 1. The fraction of sp³-hybridized carbons (Fsp3) is 0.917. The molecule has 1 heterocycles. The number of unbranched alkanes of at least 4 members (excludes halogenated alkanes) is 5. The Balaban J connectivity index is 1.77. The Morgan fingerprint density at radius 2 is 1.93 bits per heavy atom. The van der Waals surface area contributed by atoms with Gasteiger partial charge in [0.05, 0.1) is 25.7 Å². The molecule has 0 aromatic rings. The molecule has 0 aromatic heterocycles. The topological polar surface area (TPSA) is 38.8 Å². The summed E-state index contributed by atoms with van der Waals surface area (Å²) in [5, 5.41) is 0. The van der Waals surface area contributed by atoms with Crippen LogP contribution in [-0.4, -0.2) is 25.3 Å². The maximum atomic E-state index is 11.1. The third-order valence-corrected chi connectivity index (χ3v) is 2.56. The van der Waals surface area contributed by atoms with Crippen molar-refractivity contribution < 1.29 is 14.3 Å². The summed E-state index contributed by atoms with van der Waals surface area (Å²) in [6.07, 6.45) is 7.93. The van der Waals surface area contributed by atoms with Crippen LogP contribution >= 0.6 is 0 Å². The van der Waals surface area contributed by atoms with Crippen LogP contribution in [-0.2, 0) is 14.3 Å². The van der Waals surface area contributed by atoms with Crippen molar-refractivity contribution in [2.45, 2.75) is 58.0 Å². The van der Waals surface area contributed by atoms with Crippen molar-refractivity contribution in [2.75, 3.05) is 13.2 Å². The summed E-state index contributed by atoms with van der Waals surface area (Å²) in [5.41, 5.74) is 0. The SMILES string of the molecule is CCCCCCCCOC(=O)CC1CO1. The van der Waals surface area contributed by atoms with Gasteiger partial charge in [0.2, 0.25) is 0 Å². The third-order valence-electron chi connectivity index (χ3n) is 2.56. The molecule has 1 fully saturated rings. The number of ether oxygens (including phenoxy) is 2. The second kappa shape index (κ2) is 7.69. The molecule has 0 aliphatic carbocycles. The molecule has 1 unspecified atom stereocenters. The Labute approximate surface area is 92.1 Å². The molecule has 1 saturated heterocycles. The first-order valence-electron chi connectivity index (χ1n) is 6.10. The van der Waals surface area contributed by atoms with Crippen molar-refractivity contribution in [3.8, 4) is 0 Å². The van der Waals surface area contributed by atoms with Crippen molar-refractivity contribution in [2.24, 2.45) is 0 Å². The third kappa shape index (κ3) is 7.37. The molecule has 15 heavy (non-hydrogen) atoms. The van der Waals surface area contributed by atoms with Crippen LogP contribution in [0.15, 0.2) is 0 Å². The number of hydrogen-bond donors (Lipinski definition) is 0. The van der Waals surface area contributed by atoms with Gasteiger partial charge in [-0.3, -0.25) is 4.79 Å². The van der Waals surface area contributed by atoms with Crippen LogP contribution < -0.4 is 0 Å². The van der Waals surface area contributed by atoms with E-state index in [0.717, 1.165) is 13.0 Å². The van der Waals surface area contributed by atoms with E-state index in [2.05, 4.69) is 6.92 Å². The van der Waals surface area contributed by atoms with E-state index in [1.807, 2.05) is 0 Å². The second-order valence-corrected chi connectivity index (χ2v) is 4.15. The monoisotopic (exact) mass is 214 g/mol. The Morgan fingerprint density at radius 3 is 2.60 bits per heavy atom. The summed E-state index contributed by atoms with van der Waals surface area (Å²) in [5.74, 6) is -0.106. The molecule has 3 nitrogen and oxygen atoms in total. The lowest BCUT2D eigenvalue weighted by Crippen LogP contribution is -2.08. The molecule has 1 aliphatic rings. The molecule has 0 spiro atoms. The normalized spacial score (nSPS) is 18.9. The Bertz CT molecular complexity index is 176. The van der Waals surface area contributed by atoms with E-state index < -0.39 is 0 Å². The molecule has 88 valence electrons. The van der Waals surface area contributed by atoms with E-state index in [1.165, 1.54) is 32.1 Å². The predicted octanol–water partition coefficient (Wildman–Crippen LogP) is 2.68. The van der Waals surface area contributed by atoms with Crippen molar-refractivity contribution in [1.82, 2.24) is 0 Å². The van der Waals surface area contributed by atoms with Crippen molar-refractivity contribution >= 4 is 5.97 Å². The van der Waals surface area contributed by atoms with Gasteiger partial charge in [-0.05, 0) is 6.42 Å². The lowest BCUT2D eigenvalue weighted by atomic mass is 10.1. The van der Waals surface area contributed by atoms with Gasteiger partial charge in [0.15, 0.2) is 0 Å². The summed E-state index contributed by atoms with van der Waals surface area (Å²) in [4.78, 5) is 11.1. The van der Waals surface area contributed by atoms with Crippen molar-refractivity contribution in [3.05, 3.63) is 0 Å². The van der Waals surface area contributed by atoms with Gasteiger partial charge >= 0.3 is 5.97 Å². The summed E-state index contributed by atoms with van der Waals surface area (Å²) in [6.45, 7) is 3.52. The lowest BCUT2D eigenvalue weighted by Gasteiger charge is -2.03. The highest BCUT2D eigenvalue weighted by atomic mass is 16.6. The summed E-state index contributed by atoms with van der Waals surface area (Å²) in [6, 6.07) is 0. The molecule has 1 rings (SSSR count). The number of esters is 1. The molecule has 3 heteroatoms. The van der Waals surface area contributed by atoms with Crippen LogP contribution in [0, 0.1) is 0 Å². The Kier molecular flexibility index (Phi) is 6.41. The first-order chi connectivity index (χ1) is 7.33. The summed E-state index contributed by atoms with van der Waals surface area (Å²) in [7, 11) is 0. The van der Waals surface area contributed by atoms with E-state index in [4.69, 9.17) is 9.47 Å². The van der Waals surface area contributed by atoms with Crippen LogP contribution in [0.4, 0.5) is 0 Å². The minimum Gasteiger partial charge on any atom is -0.466 e. The molecule has 0 bridgehead atoms. The molecular weight excluding hydrogens is 192 g/mol. The zero-order valence-electron chi connectivity index (χ0n) is 9.67. The molecular formula is C12H22O3. The molecule has 0 amide bonds. The maximum Gasteiger partial charge on any atom is 0.308 e. The average molecular weight is 214 g/mol. The Hall–Kier alpha value is -0.570. The van der Waals surface area contributed by atoms with Gasteiger partial charge in [-0.1, -0.05) is 39.0 Å². The van der Waals surface area contributed by atoms with Crippen molar-refractivity contribution in [3.63, 3.8) is 0 Å². The van der Waals surface area contributed by atoms with Crippen LogP contribution in [0.2, 0.25) is 0 Å². The van der Waals surface area contributed by atoms with Gasteiger partial charge in [0.1, 0.15) is 0 Å². The van der Waals surface area contributed by atoms with Crippen LogP contribution in [0.25, 0.3) is 0 Å². The fourth-order valence-corrected chi connectivity index (χ4v) is 1.50. The largest absolute Gasteiger partial charge is 0.466 e. The van der Waals surface area contributed by atoms with E-state index in [-0.39, 0.29) is 12.1 Å². The minimum absolute atomic E-state index is 0.106. The van der Waals surface area contributed by atoms with Gasteiger partial charge in [-0.2, -0.15) is 0 Å². The average Bonchev–Trinajstić information content (AvgIpc) is 3.00. The second-order valence-electron chi connectivity index (χ2n) is 4.15. The molecule has 0 N–H and O–H groups in total. The quantitative estimate of drug-likeness (QED) is 0.336. The van der Waals surface area contributed by atoms with Gasteiger partial charge in [0, 0.05) is 0 Å². The highest BCUT2D eigenvalue weighted by molar-refractivity contribution is 5.70. The van der Waals surface area contributed by atoms with Crippen LogP contribution in [0.3, 0.4) is 0 Å². The first kappa shape index (κ1) is 12.5. The fourth-order valence-electron chi connectivity index (χ4n) is 1.50. The number of rotatable bonds is 9.